The lowest BCUT2D eigenvalue weighted by Crippen LogP contribution is -2.16. The summed E-state index contributed by atoms with van der Waals surface area (Å²) in [5, 5.41) is 10.4. The van der Waals surface area contributed by atoms with Crippen LogP contribution in [0.3, 0.4) is 0 Å². The van der Waals surface area contributed by atoms with Gasteiger partial charge < -0.3 is 4.98 Å². The van der Waals surface area contributed by atoms with Crippen molar-refractivity contribution in [1.29, 1.82) is 0 Å². The first-order valence-corrected chi connectivity index (χ1v) is 3.62. The SMILES string of the molecule is O=Cc1c[nH]c(=O)c([N+](=O)[O-])c1C(F)F. The van der Waals surface area contributed by atoms with Gasteiger partial charge in [0.15, 0.2) is 6.29 Å². The summed E-state index contributed by atoms with van der Waals surface area (Å²) in [6.07, 6.45) is -2.53. The first-order valence-electron chi connectivity index (χ1n) is 3.62. The Morgan fingerprint density at radius 1 is 1.53 bits per heavy atom. The molecule has 1 aromatic rings. The van der Waals surface area contributed by atoms with Crippen LogP contribution in [0.4, 0.5) is 14.5 Å². The molecule has 0 aliphatic rings. The van der Waals surface area contributed by atoms with Crippen LogP contribution in [0.2, 0.25) is 0 Å². The summed E-state index contributed by atoms with van der Waals surface area (Å²) in [6.45, 7) is 0. The molecule has 0 bridgehead atoms. The Kier molecular flexibility index (Phi) is 2.88. The fraction of sp³-hybridized carbons (Fsp3) is 0.143. The van der Waals surface area contributed by atoms with Crippen molar-refractivity contribution in [3.8, 4) is 0 Å². The van der Waals surface area contributed by atoms with Crippen LogP contribution in [0.25, 0.3) is 0 Å². The first kappa shape index (κ1) is 11.0. The molecule has 15 heavy (non-hydrogen) atoms. The summed E-state index contributed by atoms with van der Waals surface area (Å²) in [5.41, 5.74) is -4.31. The number of halogens is 2. The topological polar surface area (TPSA) is 93.1 Å². The van der Waals surface area contributed by atoms with E-state index in [0.717, 1.165) is 0 Å². The highest BCUT2D eigenvalue weighted by Crippen LogP contribution is 2.27. The molecule has 6 nitrogen and oxygen atoms in total. The van der Waals surface area contributed by atoms with Crippen LogP contribution >= 0.6 is 0 Å². The van der Waals surface area contributed by atoms with Gasteiger partial charge in [0.1, 0.15) is 5.56 Å². The number of carbonyl (C=O) groups is 1. The van der Waals surface area contributed by atoms with E-state index in [1.165, 1.54) is 0 Å². The van der Waals surface area contributed by atoms with Crippen molar-refractivity contribution in [2.45, 2.75) is 6.43 Å². The van der Waals surface area contributed by atoms with Crippen LogP contribution in [0.15, 0.2) is 11.0 Å². The zero-order valence-electron chi connectivity index (χ0n) is 7.07. The zero-order valence-corrected chi connectivity index (χ0v) is 7.07. The molecule has 1 N–H and O–H groups in total. The fourth-order valence-corrected chi connectivity index (χ4v) is 1.06. The molecule has 0 spiro atoms. The lowest BCUT2D eigenvalue weighted by atomic mass is 10.1. The molecular weight excluding hydrogens is 214 g/mol. The van der Waals surface area contributed by atoms with Crippen LogP contribution in [-0.2, 0) is 0 Å². The predicted octanol–water partition coefficient (Wildman–Crippen LogP) is 1.03. The maximum atomic E-state index is 12.4. The Morgan fingerprint density at radius 3 is 2.53 bits per heavy atom. The van der Waals surface area contributed by atoms with E-state index in [9.17, 15) is 28.5 Å². The number of hydrogen-bond acceptors (Lipinski definition) is 4. The highest BCUT2D eigenvalue weighted by atomic mass is 19.3. The Hall–Kier alpha value is -2.12. The molecule has 0 amide bonds. The van der Waals surface area contributed by atoms with Gasteiger partial charge in [0.25, 0.3) is 6.43 Å². The number of rotatable bonds is 3. The molecule has 0 saturated carbocycles. The van der Waals surface area contributed by atoms with Gasteiger partial charge in [-0.1, -0.05) is 0 Å². The number of nitro groups is 1. The normalized spacial score (nSPS) is 10.3. The van der Waals surface area contributed by atoms with E-state index < -0.39 is 33.7 Å². The molecule has 80 valence electrons. The third-order valence-corrected chi connectivity index (χ3v) is 1.67. The predicted molar refractivity (Wildman–Crippen MR) is 44.1 cm³/mol. The molecule has 0 aliphatic carbocycles. The zero-order chi connectivity index (χ0) is 11.6. The monoisotopic (exact) mass is 218 g/mol. The number of aromatic amines is 1. The summed E-state index contributed by atoms with van der Waals surface area (Å²) >= 11 is 0. The molecule has 1 heterocycles. The van der Waals surface area contributed by atoms with E-state index in [4.69, 9.17) is 0 Å². The van der Waals surface area contributed by atoms with Gasteiger partial charge in [-0.15, -0.1) is 0 Å². The summed E-state index contributed by atoms with van der Waals surface area (Å²) in [7, 11) is 0. The van der Waals surface area contributed by atoms with Crippen molar-refractivity contribution in [2.75, 3.05) is 0 Å². The first-order chi connectivity index (χ1) is 6.99. The van der Waals surface area contributed by atoms with Gasteiger partial charge in [-0.05, 0) is 0 Å². The van der Waals surface area contributed by atoms with Crippen molar-refractivity contribution in [3.05, 3.63) is 37.8 Å². The number of nitrogens with one attached hydrogen (secondary N) is 1. The summed E-state index contributed by atoms with van der Waals surface area (Å²) in [5.74, 6) is 0. The number of alkyl halides is 2. The number of hydrogen-bond donors (Lipinski definition) is 1. The number of carbonyl (C=O) groups excluding carboxylic acids is 1. The molecule has 8 heteroatoms. The maximum Gasteiger partial charge on any atom is 0.343 e. The Labute approximate surface area is 80.7 Å². The number of nitrogens with zero attached hydrogens (tertiary/aromatic N) is 1. The highest BCUT2D eigenvalue weighted by Gasteiger charge is 2.28. The molecule has 0 aliphatic heterocycles. The average Bonchev–Trinajstić information content (AvgIpc) is 2.16. The minimum Gasteiger partial charge on any atom is -0.322 e. The molecular formula is C7H4F2N2O4. The lowest BCUT2D eigenvalue weighted by Gasteiger charge is -2.02. The second-order valence-electron chi connectivity index (χ2n) is 2.51. The minimum absolute atomic E-state index is 0.0183. The Bertz CT molecular complexity index is 469. The minimum atomic E-state index is -3.26. The number of aldehydes is 1. The quantitative estimate of drug-likeness (QED) is 0.465. The number of aromatic nitrogens is 1. The summed E-state index contributed by atoms with van der Waals surface area (Å²) in [6, 6.07) is 0. The molecule has 0 radical (unpaired) electrons. The van der Waals surface area contributed by atoms with Crippen LogP contribution in [0.5, 0.6) is 0 Å². The van der Waals surface area contributed by atoms with Gasteiger partial charge in [-0.3, -0.25) is 19.7 Å². The van der Waals surface area contributed by atoms with Gasteiger partial charge in [-0.2, -0.15) is 0 Å². The van der Waals surface area contributed by atoms with Crippen LogP contribution in [0.1, 0.15) is 22.3 Å². The van der Waals surface area contributed by atoms with Gasteiger partial charge in [0, 0.05) is 11.8 Å². The fourth-order valence-electron chi connectivity index (χ4n) is 1.06. The molecule has 0 unspecified atom stereocenters. The maximum absolute atomic E-state index is 12.4. The van der Waals surface area contributed by atoms with Gasteiger partial charge in [-0.25, -0.2) is 8.78 Å². The largest absolute Gasteiger partial charge is 0.343 e. The highest BCUT2D eigenvalue weighted by molar-refractivity contribution is 5.78. The third kappa shape index (κ3) is 1.87. The summed E-state index contributed by atoms with van der Waals surface area (Å²) in [4.78, 5) is 32.2. The van der Waals surface area contributed by atoms with Crippen molar-refractivity contribution < 1.29 is 18.5 Å². The van der Waals surface area contributed by atoms with Gasteiger partial charge >= 0.3 is 11.2 Å². The van der Waals surface area contributed by atoms with Gasteiger partial charge in [0.2, 0.25) is 0 Å². The molecule has 0 aromatic carbocycles. The van der Waals surface area contributed by atoms with Crippen molar-refractivity contribution >= 4 is 12.0 Å². The molecule has 0 saturated heterocycles. The van der Waals surface area contributed by atoms with E-state index in [2.05, 4.69) is 0 Å². The van der Waals surface area contributed by atoms with E-state index in [-0.39, 0.29) is 6.29 Å². The van der Waals surface area contributed by atoms with Crippen molar-refractivity contribution in [2.24, 2.45) is 0 Å². The molecule has 1 aromatic heterocycles. The van der Waals surface area contributed by atoms with Gasteiger partial charge in [0.05, 0.1) is 4.92 Å². The second kappa shape index (κ2) is 3.95. The third-order valence-electron chi connectivity index (χ3n) is 1.67. The van der Waals surface area contributed by atoms with E-state index in [1.54, 1.807) is 0 Å². The number of pyridine rings is 1. The van der Waals surface area contributed by atoms with E-state index in [0.29, 0.717) is 6.20 Å². The summed E-state index contributed by atoms with van der Waals surface area (Å²) < 4.78 is 24.8. The molecule has 1 rings (SSSR count). The number of H-pyrrole nitrogens is 1. The van der Waals surface area contributed by atoms with Crippen LogP contribution in [0, 0.1) is 10.1 Å². The van der Waals surface area contributed by atoms with E-state index in [1.807, 2.05) is 4.98 Å². The van der Waals surface area contributed by atoms with Crippen LogP contribution in [-0.4, -0.2) is 16.2 Å². The Balaban J connectivity index is 3.66. The smallest absolute Gasteiger partial charge is 0.322 e. The average molecular weight is 218 g/mol. The lowest BCUT2D eigenvalue weighted by molar-refractivity contribution is -0.387. The second-order valence-corrected chi connectivity index (χ2v) is 2.51. The van der Waals surface area contributed by atoms with E-state index >= 15 is 0 Å². The standard InChI is InChI=1S/C7H4F2N2O4/c8-6(9)4-3(2-12)1-10-7(13)5(4)11(14)15/h1-2,6H,(H,10,13). The molecule has 0 fully saturated rings. The Morgan fingerprint density at radius 2 is 2.13 bits per heavy atom. The molecule has 0 atom stereocenters. The van der Waals surface area contributed by atoms with Crippen molar-refractivity contribution in [3.63, 3.8) is 0 Å². The van der Waals surface area contributed by atoms with Crippen LogP contribution < -0.4 is 5.56 Å². The van der Waals surface area contributed by atoms with Crippen molar-refractivity contribution in [1.82, 2.24) is 4.98 Å².